The molecule has 0 atom stereocenters. The van der Waals surface area contributed by atoms with Crippen molar-refractivity contribution in [3.63, 3.8) is 0 Å². The molecule has 0 aromatic heterocycles. The van der Waals surface area contributed by atoms with Crippen LogP contribution in [0, 0.1) is 6.08 Å². The third kappa shape index (κ3) is 4.45. The van der Waals surface area contributed by atoms with Crippen LogP contribution < -0.4 is 0 Å². The summed E-state index contributed by atoms with van der Waals surface area (Å²) in [6, 6.07) is 21.0. The maximum absolute atomic E-state index is 3.45. The van der Waals surface area contributed by atoms with Gasteiger partial charge in [0.25, 0.3) is 0 Å². The SMILES string of the molecule is Cl.Cl.[C-]1=C(c2ccccc2)C=C(c2ccccc2)C1.[Zr]. The molecule has 0 saturated carbocycles. The molecule has 0 N–H and O–H groups in total. The van der Waals surface area contributed by atoms with Gasteiger partial charge in [0.2, 0.25) is 0 Å². The van der Waals surface area contributed by atoms with E-state index in [1.165, 1.54) is 22.3 Å². The van der Waals surface area contributed by atoms with E-state index in [0.29, 0.717) is 0 Å². The van der Waals surface area contributed by atoms with Crippen molar-refractivity contribution in [2.45, 2.75) is 6.42 Å². The van der Waals surface area contributed by atoms with Crippen molar-refractivity contribution < 1.29 is 26.2 Å². The molecule has 20 heavy (non-hydrogen) atoms. The zero-order valence-electron chi connectivity index (χ0n) is 10.9. The number of halogens is 2. The molecule has 0 aliphatic heterocycles. The van der Waals surface area contributed by atoms with Crippen LogP contribution in [0.4, 0.5) is 0 Å². The van der Waals surface area contributed by atoms with E-state index in [1.807, 2.05) is 12.1 Å². The summed E-state index contributed by atoms with van der Waals surface area (Å²) >= 11 is 0. The van der Waals surface area contributed by atoms with Gasteiger partial charge in [0, 0.05) is 26.2 Å². The fourth-order valence-corrected chi connectivity index (χ4v) is 2.11. The van der Waals surface area contributed by atoms with Gasteiger partial charge in [-0.1, -0.05) is 55.0 Å². The molecule has 0 fully saturated rings. The molecule has 0 heterocycles. The van der Waals surface area contributed by atoms with Crippen molar-refractivity contribution in [1.29, 1.82) is 0 Å². The van der Waals surface area contributed by atoms with Crippen LogP contribution in [0.1, 0.15) is 17.5 Å². The normalized spacial score (nSPS) is 12.2. The summed E-state index contributed by atoms with van der Waals surface area (Å²) in [7, 11) is 0. The number of allylic oxidation sites excluding steroid dienone is 4. The first kappa shape index (κ1) is 19.4. The quantitative estimate of drug-likeness (QED) is 0.627. The Morgan fingerprint density at radius 2 is 1.20 bits per heavy atom. The van der Waals surface area contributed by atoms with E-state index in [9.17, 15) is 0 Å². The molecule has 0 nitrogen and oxygen atoms in total. The first-order valence-electron chi connectivity index (χ1n) is 5.86. The van der Waals surface area contributed by atoms with Gasteiger partial charge < -0.3 is 0 Å². The summed E-state index contributed by atoms with van der Waals surface area (Å²) in [5.74, 6) is 0. The Morgan fingerprint density at radius 1 is 0.700 bits per heavy atom. The molecule has 2 aromatic rings. The zero-order chi connectivity index (χ0) is 11.5. The van der Waals surface area contributed by atoms with Crippen LogP contribution in [0.2, 0.25) is 0 Å². The van der Waals surface area contributed by atoms with E-state index in [1.54, 1.807) is 0 Å². The molecule has 0 bridgehead atoms. The van der Waals surface area contributed by atoms with Gasteiger partial charge in [0.15, 0.2) is 0 Å². The Kier molecular flexibility index (Phi) is 9.06. The topological polar surface area (TPSA) is 0 Å². The molecule has 2 aromatic carbocycles. The van der Waals surface area contributed by atoms with Crippen molar-refractivity contribution in [2.24, 2.45) is 0 Å². The molecule has 0 radical (unpaired) electrons. The maximum Gasteiger partial charge on any atom is 0 e. The number of hydrogen-bond donors (Lipinski definition) is 0. The number of hydrogen-bond acceptors (Lipinski definition) is 0. The smallest absolute Gasteiger partial charge is 0 e. The van der Waals surface area contributed by atoms with Crippen LogP contribution in [-0.2, 0) is 26.2 Å². The van der Waals surface area contributed by atoms with Crippen molar-refractivity contribution in [3.8, 4) is 0 Å². The van der Waals surface area contributed by atoms with Gasteiger partial charge in [-0.15, -0.1) is 48.1 Å². The van der Waals surface area contributed by atoms with Crippen LogP contribution in [0.5, 0.6) is 0 Å². The minimum atomic E-state index is 0. The second kappa shape index (κ2) is 9.34. The van der Waals surface area contributed by atoms with Crippen molar-refractivity contribution >= 4 is 36.0 Å². The molecule has 0 unspecified atom stereocenters. The fraction of sp³-hybridized carbons (Fsp3) is 0.0588. The first-order valence-corrected chi connectivity index (χ1v) is 5.86. The average Bonchev–Trinajstić information content (AvgIpc) is 2.90. The van der Waals surface area contributed by atoms with Crippen molar-refractivity contribution in [3.05, 3.63) is 83.9 Å². The minimum Gasteiger partial charge on any atom is -0.197 e. The largest absolute Gasteiger partial charge is 0.197 e. The van der Waals surface area contributed by atoms with Crippen LogP contribution in [0.25, 0.3) is 11.1 Å². The van der Waals surface area contributed by atoms with E-state index in [2.05, 4.69) is 60.7 Å². The molecule has 0 amide bonds. The van der Waals surface area contributed by atoms with Crippen molar-refractivity contribution in [2.75, 3.05) is 0 Å². The maximum atomic E-state index is 3.45. The summed E-state index contributed by atoms with van der Waals surface area (Å²) in [6.45, 7) is 0. The van der Waals surface area contributed by atoms with Crippen molar-refractivity contribution in [1.82, 2.24) is 0 Å². The Morgan fingerprint density at radius 3 is 1.75 bits per heavy atom. The fourth-order valence-electron chi connectivity index (χ4n) is 2.11. The summed E-state index contributed by atoms with van der Waals surface area (Å²) < 4.78 is 0. The van der Waals surface area contributed by atoms with Gasteiger partial charge in [0.1, 0.15) is 0 Å². The molecular formula is C17H15Cl2Zr-. The van der Waals surface area contributed by atoms with Crippen LogP contribution in [0.3, 0.4) is 0 Å². The molecule has 3 heteroatoms. The first-order chi connectivity index (χ1) is 8.43. The van der Waals surface area contributed by atoms with E-state index in [4.69, 9.17) is 0 Å². The average molecular weight is 381 g/mol. The van der Waals surface area contributed by atoms with E-state index >= 15 is 0 Å². The monoisotopic (exact) mass is 379 g/mol. The third-order valence-corrected chi connectivity index (χ3v) is 3.02. The predicted octanol–water partition coefficient (Wildman–Crippen LogP) is 5.20. The zero-order valence-corrected chi connectivity index (χ0v) is 15.0. The van der Waals surface area contributed by atoms with Gasteiger partial charge in [-0.25, -0.2) is 0 Å². The molecular weight excluding hydrogens is 366 g/mol. The summed E-state index contributed by atoms with van der Waals surface area (Å²) in [5, 5.41) is 0. The van der Waals surface area contributed by atoms with Gasteiger partial charge >= 0.3 is 0 Å². The second-order valence-electron chi connectivity index (χ2n) is 4.17. The van der Waals surface area contributed by atoms with E-state index in [-0.39, 0.29) is 51.0 Å². The van der Waals surface area contributed by atoms with E-state index < -0.39 is 0 Å². The standard InChI is InChI=1S/C17H13.2ClH.Zr/c1-3-7-14(8-4-1)16-11-12-17(13-16)15-9-5-2-6-10-15;;;/h1-10,13H,11H2;2*1H;/q-1;;;. The summed E-state index contributed by atoms with van der Waals surface area (Å²) in [6.07, 6.45) is 6.60. The Labute approximate surface area is 151 Å². The Hall–Kier alpha value is -0.617. The van der Waals surface area contributed by atoms with Gasteiger partial charge in [-0.3, -0.25) is 0 Å². The molecule has 0 saturated heterocycles. The number of rotatable bonds is 2. The number of benzene rings is 2. The van der Waals surface area contributed by atoms with Gasteiger partial charge in [-0.2, -0.15) is 17.7 Å². The minimum absolute atomic E-state index is 0. The van der Waals surface area contributed by atoms with Gasteiger partial charge in [0.05, 0.1) is 0 Å². The molecule has 1 aliphatic carbocycles. The van der Waals surface area contributed by atoms with Gasteiger partial charge in [-0.05, 0) is 5.56 Å². The Bertz CT molecular complexity index is 574. The predicted molar refractivity (Wildman–Crippen MR) is 86.6 cm³/mol. The Balaban J connectivity index is 0.00000120. The van der Waals surface area contributed by atoms with Crippen LogP contribution >= 0.6 is 24.8 Å². The molecule has 0 spiro atoms. The molecule has 102 valence electrons. The van der Waals surface area contributed by atoms with Crippen LogP contribution in [0.15, 0.2) is 66.7 Å². The second-order valence-corrected chi connectivity index (χ2v) is 4.17. The molecule has 3 rings (SSSR count). The molecule has 1 aliphatic rings. The van der Waals surface area contributed by atoms with Crippen LogP contribution in [-0.4, -0.2) is 0 Å². The third-order valence-electron chi connectivity index (χ3n) is 3.02. The van der Waals surface area contributed by atoms with E-state index in [0.717, 1.165) is 6.42 Å². The summed E-state index contributed by atoms with van der Waals surface area (Å²) in [4.78, 5) is 0. The summed E-state index contributed by atoms with van der Waals surface area (Å²) in [5.41, 5.74) is 5.11.